The largest absolute Gasteiger partial charge is 0.490 e. The van der Waals surface area contributed by atoms with Crippen LogP contribution in [0.4, 0.5) is 0 Å². The summed E-state index contributed by atoms with van der Waals surface area (Å²) < 4.78 is 11.5. The maximum atomic E-state index is 12.8. The summed E-state index contributed by atoms with van der Waals surface area (Å²) in [6, 6.07) is 4.18. The van der Waals surface area contributed by atoms with Crippen LogP contribution in [0.2, 0.25) is 0 Å². The predicted octanol–water partition coefficient (Wildman–Crippen LogP) is 3.95. The van der Waals surface area contributed by atoms with Gasteiger partial charge in [-0.2, -0.15) is 0 Å². The van der Waals surface area contributed by atoms with Crippen LogP contribution >= 0.6 is 0 Å². The van der Waals surface area contributed by atoms with Crippen LogP contribution in [-0.4, -0.2) is 30.6 Å². The van der Waals surface area contributed by atoms with Gasteiger partial charge in [0.15, 0.2) is 11.5 Å². The highest BCUT2D eigenvalue weighted by Crippen LogP contribution is 2.35. The molecule has 1 aromatic rings. The molecule has 4 heteroatoms. The van der Waals surface area contributed by atoms with E-state index in [1.807, 2.05) is 18.7 Å². The molecule has 1 aliphatic heterocycles. The number of rotatable bonds is 5. The summed E-state index contributed by atoms with van der Waals surface area (Å²) in [5.74, 6) is 2.22. The Balaban J connectivity index is 1.76. The average Bonchev–Trinajstić information content (AvgIpc) is 2.62. The summed E-state index contributed by atoms with van der Waals surface area (Å²) in [4.78, 5) is 14.9. The lowest BCUT2D eigenvalue weighted by Gasteiger charge is -2.33. The third-order valence-corrected chi connectivity index (χ3v) is 5.14. The number of nitrogens with zero attached hydrogens (tertiary/aromatic N) is 1. The molecule has 0 spiro atoms. The molecule has 0 bridgehead atoms. The lowest BCUT2D eigenvalue weighted by molar-refractivity contribution is -0.137. The van der Waals surface area contributed by atoms with Gasteiger partial charge >= 0.3 is 0 Å². The van der Waals surface area contributed by atoms with E-state index >= 15 is 0 Å². The first-order chi connectivity index (χ1) is 11.7. The van der Waals surface area contributed by atoms with Crippen LogP contribution in [0.25, 0.3) is 0 Å². The first-order valence-corrected chi connectivity index (χ1v) is 9.43. The topological polar surface area (TPSA) is 38.8 Å². The summed E-state index contributed by atoms with van der Waals surface area (Å²) in [6.07, 6.45) is 6.72. The van der Waals surface area contributed by atoms with Gasteiger partial charge in [-0.3, -0.25) is 4.79 Å². The van der Waals surface area contributed by atoms with E-state index in [2.05, 4.69) is 12.1 Å². The van der Waals surface area contributed by atoms with Crippen molar-refractivity contribution in [3.8, 4) is 11.5 Å². The van der Waals surface area contributed by atoms with Gasteiger partial charge in [0.2, 0.25) is 5.91 Å². The number of ether oxygens (including phenoxy) is 2. The van der Waals surface area contributed by atoms with E-state index in [4.69, 9.17) is 9.47 Å². The number of hydrogen-bond donors (Lipinski definition) is 0. The lowest BCUT2D eigenvalue weighted by atomic mass is 9.87. The number of fused-ring (bicyclic) bond motifs is 1. The first kappa shape index (κ1) is 17.1. The summed E-state index contributed by atoms with van der Waals surface area (Å²) in [6.45, 7) is 6.74. The zero-order valence-corrected chi connectivity index (χ0v) is 15.0. The highest BCUT2D eigenvalue weighted by molar-refractivity contribution is 5.79. The normalized spacial score (nSPS) is 18.2. The Morgan fingerprint density at radius 1 is 1.04 bits per heavy atom. The van der Waals surface area contributed by atoms with E-state index in [1.54, 1.807) is 0 Å². The highest BCUT2D eigenvalue weighted by atomic mass is 16.5. The Hall–Kier alpha value is -1.71. The fourth-order valence-corrected chi connectivity index (χ4v) is 3.90. The molecule has 24 heavy (non-hydrogen) atoms. The minimum absolute atomic E-state index is 0.245. The van der Waals surface area contributed by atoms with Crippen molar-refractivity contribution in [3.05, 3.63) is 23.3 Å². The summed E-state index contributed by atoms with van der Waals surface area (Å²) >= 11 is 0. The zero-order valence-electron chi connectivity index (χ0n) is 15.0. The van der Waals surface area contributed by atoms with Crippen LogP contribution in [0, 0.1) is 5.92 Å². The molecule has 2 aliphatic rings. The van der Waals surface area contributed by atoms with E-state index in [1.165, 1.54) is 30.4 Å². The fourth-order valence-electron chi connectivity index (χ4n) is 3.90. The number of carbonyl (C=O) groups is 1. The van der Waals surface area contributed by atoms with E-state index in [9.17, 15) is 4.79 Å². The minimum atomic E-state index is 0.245. The second-order valence-corrected chi connectivity index (χ2v) is 6.78. The molecule has 1 aromatic carbocycles. The number of hydrogen-bond acceptors (Lipinski definition) is 3. The predicted molar refractivity (Wildman–Crippen MR) is 94.5 cm³/mol. The SMILES string of the molecule is CCOc1cc2c(cc1OCC)CN(C(=O)C1CCCCC1)CC2. The minimum Gasteiger partial charge on any atom is -0.490 e. The molecule has 1 saturated carbocycles. The molecule has 0 unspecified atom stereocenters. The van der Waals surface area contributed by atoms with Crippen molar-refractivity contribution in [1.29, 1.82) is 0 Å². The molecule has 1 heterocycles. The molecule has 0 atom stereocenters. The Morgan fingerprint density at radius 3 is 2.29 bits per heavy atom. The molecule has 132 valence electrons. The quantitative estimate of drug-likeness (QED) is 0.820. The molecule has 3 rings (SSSR count). The van der Waals surface area contributed by atoms with Crippen molar-refractivity contribution in [3.63, 3.8) is 0 Å². The lowest BCUT2D eigenvalue weighted by Crippen LogP contribution is -2.40. The van der Waals surface area contributed by atoms with Gasteiger partial charge in [0.05, 0.1) is 13.2 Å². The molecular weight excluding hydrogens is 302 g/mol. The Bertz CT molecular complexity index is 578. The highest BCUT2D eigenvalue weighted by Gasteiger charge is 2.29. The van der Waals surface area contributed by atoms with E-state index in [0.717, 1.165) is 37.3 Å². The molecule has 0 N–H and O–H groups in total. The molecule has 1 amide bonds. The standard InChI is InChI=1S/C20H29NO3/c1-3-23-18-12-16-10-11-21(14-17(16)13-19(18)24-4-2)20(22)15-8-6-5-7-9-15/h12-13,15H,3-11,14H2,1-2H3. The van der Waals surface area contributed by atoms with Crippen LogP contribution in [0.5, 0.6) is 11.5 Å². The van der Waals surface area contributed by atoms with Gasteiger partial charge in [-0.1, -0.05) is 19.3 Å². The van der Waals surface area contributed by atoms with Crippen molar-refractivity contribution >= 4 is 5.91 Å². The van der Waals surface area contributed by atoms with Crippen molar-refractivity contribution in [1.82, 2.24) is 4.90 Å². The smallest absolute Gasteiger partial charge is 0.225 e. The molecular formula is C20H29NO3. The van der Waals surface area contributed by atoms with Crippen molar-refractivity contribution in [2.45, 2.75) is 58.9 Å². The molecule has 4 nitrogen and oxygen atoms in total. The third-order valence-electron chi connectivity index (χ3n) is 5.14. The van der Waals surface area contributed by atoms with Crippen LogP contribution in [0.1, 0.15) is 57.1 Å². The van der Waals surface area contributed by atoms with Gasteiger partial charge in [-0.15, -0.1) is 0 Å². The average molecular weight is 331 g/mol. The van der Waals surface area contributed by atoms with Crippen LogP contribution in [0.15, 0.2) is 12.1 Å². The molecule has 1 aliphatic carbocycles. The number of benzene rings is 1. The summed E-state index contributed by atoms with van der Waals surface area (Å²) in [5.41, 5.74) is 2.49. The van der Waals surface area contributed by atoms with Crippen LogP contribution in [-0.2, 0) is 17.8 Å². The van der Waals surface area contributed by atoms with Crippen molar-refractivity contribution in [2.75, 3.05) is 19.8 Å². The second kappa shape index (κ2) is 7.91. The zero-order chi connectivity index (χ0) is 16.9. The van der Waals surface area contributed by atoms with E-state index in [-0.39, 0.29) is 5.92 Å². The van der Waals surface area contributed by atoms with Gasteiger partial charge in [0.1, 0.15) is 0 Å². The maximum absolute atomic E-state index is 12.8. The summed E-state index contributed by atoms with van der Waals surface area (Å²) in [5, 5.41) is 0. The monoisotopic (exact) mass is 331 g/mol. The Labute approximate surface area is 145 Å². The van der Waals surface area contributed by atoms with Gasteiger partial charge < -0.3 is 14.4 Å². The van der Waals surface area contributed by atoms with E-state index in [0.29, 0.717) is 25.7 Å². The molecule has 0 saturated heterocycles. The van der Waals surface area contributed by atoms with Crippen molar-refractivity contribution in [2.24, 2.45) is 5.92 Å². The maximum Gasteiger partial charge on any atom is 0.225 e. The molecule has 0 radical (unpaired) electrons. The van der Waals surface area contributed by atoms with Crippen LogP contribution < -0.4 is 9.47 Å². The van der Waals surface area contributed by atoms with E-state index < -0.39 is 0 Å². The Kier molecular flexibility index (Phi) is 5.64. The molecule has 0 aromatic heterocycles. The van der Waals surface area contributed by atoms with Crippen molar-refractivity contribution < 1.29 is 14.3 Å². The Morgan fingerprint density at radius 2 is 1.67 bits per heavy atom. The molecule has 1 fully saturated rings. The van der Waals surface area contributed by atoms with Crippen LogP contribution in [0.3, 0.4) is 0 Å². The second-order valence-electron chi connectivity index (χ2n) is 6.78. The van der Waals surface area contributed by atoms with Gasteiger partial charge in [0.25, 0.3) is 0 Å². The number of amides is 1. The summed E-state index contributed by atoms with van der Waals surface area (Å²) in [7, 11) is 0. The van der Waals surface area contributed by atoms with Gasteiger partial charge in [-0.25, -0.2) is 0 Å². The first-order valence-electron chi connectivity index (χ1n) is 9.43. The fraction of sp³-hybridized carbons (Fsp3) is 0.650. The number of carbonyl (C=O) groups excluding carboxylic acids is 1. The van der Waals surface area contributed by atoms with Gasteiger partial charge in [0, 0.05) is 19.0 Å². The third kappa shape index (κ3) is 3.68. The van der Waals surface area contributed by atoms with Gasteiger partial charge in [-0.05, 0) is 56.4 Å².